The third-order valence-electron chi connectivity index (χ3n) is 2.79. The van der Waals surface area contributed by atoms with Crippen molar-refractivity contribution in [3.8, 4) is 0 Å². The predicted molar refractivity (Wildman–Crippen MR) is 67.5 cm³/mol. The molecule has 0 amide bonds. The molecular formula is C12H22O6Si. The average Bonchev–Trinajstić information content (AvgIpc) is 2.81. The predicted octanol–water partition coefficient (Wildman–Crippen LogP) is 0.857. The lowest BCUT2D eigenvalue weighted by molar-refractivity contribution is -0.143. The number of ether oxygens (including phenoxy) is 4. The Kier molecular flexibility index (Phi) is 4.99. The summed E-state index contributed by atoms with van der Waals surface area (Å²) < 4.78 is 33.0. The lowest BCUT2D eigenvalue weighted by atomic mass is 10.4. The maximum Gasteiger partial charge on any atom is 0.433 e. The van der Waals surface area contributed by atoms with Gasteiger partial charge in [-0.05, 0) is 27.7 Å². The standard InChI is InChI=1S/C12H22O6Si/c1-11(2)13-5-9(17-11)7-15-19-16-8-10-6-14-12(3,4)18-10/h9-10H,5-8H2,1-4H3. The zero-order valence-corrected chi connectivity index (χ0v) is 12.9. The molecule has 2 rings (SSSR count). The van der Waals surface area contributed by atoms with Gasteiger partial charge in [-0.1, -0.05) is 0 Å². The van der Waals surface area contributed by atoms with Gasteiger partial charge in [-0.15, -0.1) is 0 Å². The van der Waals surface area contributed by atoms with Crippen LogP contribution in [0.1, 0.15) is 27.7 Å². The highest BCUT2D eigenvalue weighted by molar-refractivity contribution is 6.17. The minimum absolute atomic E-state index is 0.0175. The molecule has 0 aromatic rings. The number of hydrogen-bond donors (Lipinski definition) is 0. The van der Waals surface area contributed by atoms with Crippen LogP contribution in [0, 0.1) is 0 Å². The molecule has 2 saturated heterocycles. The van der Waals surface area contributed by atoms with Crippen molar-refractivity contribution in [3.05, 3.63) is 0 Å². The quantitative estimate of drug-likeness (QED) is 0.534. The number of hydrogen-bond acceptors (Lipinski definition) is 6. The van der Waals surface area contributed by atoms with E-state index in [4.69, 9.17) is 27.8 Å². The summed E-state index contributed by atoms with van der Waals surface area (Å²) in [6.07, 6.45) is -0.0350. The summed E-state index contributed by atoms with van der Waals surface area (Å²) in [4.78, 5) is 0. The summed E-state index contributed by atoms with van der Waals surface area (Å²) in [7, 11) is -0.0216. The largest absolute Gasteiger partial charge is 0.433 e. The molecule has 2 fully saturated rings. The second-order valence-corrected chi connectivity index (χ2v) is 6.35. The van der Waals surface area contributed by atoms with Crippen molar-refractivity contribution in [3.63, 3.8) is 0 Å². The molecule has 19 heavy (non-hydrogen) atoms. The molecule has 0 spiro atoms. The molecule has 0 aromatic heterocycles. The van der Waals surface area contributed by atoms with Crippen LogP contribution in [0.5, 0.6) is 0 Å². The third kappa shape index (κ3) is 5.11. The van der Waals surface area contributed by atoms with E-state index in [2.05, 4.69) is 0 Å². The van der Waals surface area contributed by atoms with Gasteiger partial charge in [0.25, 0.3) is 0 Å². The topological polar surface area (TPSA) is 55.4 Å². The van der Waals surface area contributed by atoms with Crippen molar-refractivity contribution in [1.82, 2.24) is 0 Å². The van der Waals surface area contributed by atoms with Crippen molar-refractivity contribution in [2.45, 2.75) is 51.5 Å². The molecule has 6 nitrogen and oxygen atoms in total. The lowest BCUT2D eigenvalue weighted by Gasteiger charge is -2.17. The highest BCUT2D eigenvalue weighted by atomic mass is 28.3. The van der Waals surface area contributed by atoms with Gasteiger partial charge in [0.1, 0.15) is 12.2 Å². The molecule has 0 aliphatic carbocycles. The van der Waals surface area contributed by atoms with Crippen LogP contribution in [0.3, 0.4) is 0 Å². The van der Waals surface area contributed by atoms with E-state index in [0.717, 1.165) is 0 Å². The Labute approximate surface area is 116 Å². The summed E-state index contributed by atoms with van der Waals surface area (Å²) in [6, 6.07) is 0. The lowest BCUT2D eigenvalue weighted by Crippen LogP contribution is -2.27. The van der Waals surface area contributed by atoms with Crippen molar-refractivity contribution in [2.24, 2.45) is 0 Å². The Morgan fingerprint density at radius 2 is 1.32 bits per heavy atom. The fourth-order valence-corrected chi connectivity index (χ4v) is 2.58. The Balaban J connectivity index is 1.49. The molecule has 2 unspecified atom stereocenters. The number of rotatable bonds is 6. The first-order valence-corrected chi connectivity index (χ1v) is 7.30. The van der Waals surface area contributed by atoms with E-state index in [-0.39, 0.29) is 22.2 Å². The van der Waals surface area contributed by atoms with Gasteiger partial charge in [-0.2, -0.15) is 0 Å². The van der Waals surface area contributed by atoms with Crippen LogP contribution in [-0.2, 0) is 27.8 Å². The smallest absolute Gasteiger partial charge is 0.390 e. The Bertz CT molecular complexity index is 268. The molecule has 2 radical (unpaired) electrons. The fraction of sp³-hybridized carbons (Fsp3) is 1.00. The summed E-state index contributed by atoms with van der Waals surface area (Å²) >= 11 is 0. The van der Waals surface area contributed by atoms with Crippen LogP contribution in [-0.4, -0.2) is 60.2 Å². The van der Waals surface area contributed by atoms with Gasteiger partial charge in [-0.25, -0.2) is 0 Å². The monoisotopic (exact) mass is 290 g/mol. The maximum absolute atomic E-state index is 5.61. The van der Waals surface area contributed by atoms with Crippen LogP contribution in [0.15, 0.2) is 0 Å². The molecule has 2 atom stereocenters. The van der Waals surface area contributed by atoms with E-state index in [1.165, 1.54) is 0 Å². The second kappa shape index (κ2) is 6.17. The van der Waals surface area contributed by atoms with Gasteiger partial charge in [0.05, 0.1) is 26.4 Å². The van der Waals surface area contributed by atoms with Gasteiger partial charge in [0.2, 0.25) is 0 Å². The minimum atomic E-state index is -0.501. The Morgan fingerprint density at radius 1 is 0.895 bits per heavy atom. The molecule has 110 valence electrons. The molecule has 0 saturated carbocycles. The highest BCUT2D eigenvalue weighted by Gasteiger charge is 2.33. The summed E-state index contributed by atoms with van der Waals surface area (Å²) in [5, 5.41) is 0. The van der Waals surface area contributed by atoms with Gasteiger partial charge >= 0.3 is 10.0 Å². The first-order valence-electron chi connectivity index (χ1n) is 6.48. The molecule has 0 bridgehead atoms. The van der Waals surface area contributed by atoms with E-state index in [1.807, 2.05) is 27.7 Å². The molecule has 2 heterocycles. The van der Waals surface area contributed by atoms with E-state index in [1.54, 1.807) is 0 Å². The Morgan fingerprint density at radius 3 is 1.63 bits per heavy atom. The molecule has 2 aliphatic heterocycles. The van der Waals surface area contributed by atoms with Crippen LogP contribution in [0.2, 0.25) is 0 Å². The van der Waals surface area contributed by atoms with Gasteiger partial charge in [0, 0.05) is 0 Å². The first kappa shape index (κ1) is 15.4. The van der Waals surface area contributed by atoms with Crippen LogP contribution >= 0.6 is 0 Å². The summed E-state index contributed by atoms with van der Waals surface area (Å²) in [6.45, 7) is 9.66. The normalized spacial score (nSPS) is 32.8. The van der Waals surface area contributed by atoms with Crippen LogP contribution in [0.4, 0.5) is 0 Å². The van der Waals surface area contributed by atoms with Crippen molar-refractivity contribution >= 4 is 10.0 Å². The molecular weight excluding hydrogens is 268 g/mol. The average molecular weight is 290 g/mol. The first-order chi connectivity index (χ1) is 8.86. The third-order valence-corrected chi connectivity index (χ3v) is 3.36. The Hall–Kier alpha value is -0.0231. The van der Waals surface area contributed by atoms with Crippen molar-refractivity contribution < 1.29 is 27.8 Å². The second-order valence-electron chi connectivity index (χ2n) is 5.61. The van der Waals surface area contributed by atoms with Crippen molar-refractivity contribution in [2.75, 3.05) is 26.4 Å². The molecule has 7 heteroatoms. The van der Waals surface area contributed by atoms with E-state index < -0.39 is 11.6 Å². The van der Waals surface area contributed by atoms with Gasteiger partial charge < -0.3 is 27.8 Å². The van der Waals surface area contributed by atoms with Crippen LogP contribution in [0.25, 0.3) is 0 Å². The van der Waals surface area contributed by atoms with E-state index in [9.17, 15) is 0 Å². The van der Waals surface area contributed by atoms with E-state index in [0.29, 0.717) is 26.4 Å². The fourth-order valence-electron chi connectivity index (χ4n) is 1.99. The van der Waals surface area contributed by atoms with Gasteiger partial charge in [-0.3, -0.25) is 0 Å². The molecule has 0 aromatic carbocycles. The zero-order chi connectivity index (χ0) is 13.9. The highest BCUT2D eigenvalue weighted by Crippen LogP contribution is 2.23. The summed E-state index contributed by atoms with van der Waals surface area (Å²) in [5.74, 6) is -1.00. The van der Waals surface area contributed by atoms with Crippen LogP contribution < -0.4 is 0 Å². The molecule has 2 aliphatic rings. The minimum Gasteiger partial charge on any atom is -0.390 e. The molecule has 0 N–H and O–H groups in total. The summed E-state index contributed by atoms with van der Waals surface area (Å²) in [5.41, 5.74) is 0. The van der Waals surface area contributed by atoms with Gasteiger partial charge in [0.15, 0.2) is 11.6 Å². The van der Waals surface area contributed by atoms with Crippen molar-refractivity contribution in [1.29, 1.82) is 0 Å². The SMILES string of the molecule is CC1(C)OCC(CO[Si]OCC2COC(C)(C)O2)O1. The maximum atomic E-state index is 5.61. The zero-order valence-electron chi connectivity index (χ0n) is 11.9. The van der Waals surface area contributed by atoms with E-state index >= 15 is 0 Å².